The maximum atomic E-state index is 13.5. The molecule has 0 fully saturated rings. The van der Waals surface area contributed by atoms with Crippen molar-refractivity contribution in [2.24, 2.45) is 0 Å². The molecule has 0 saturated carbocycles. The summed E-state index contributed by atoms with van der Waals surface area (Å²) in [5, 5.41) is 4.25. The third-order valence-corrected chi connectivity index (χ3v) is 6.21. The fourth-order valence-corrected chi connectivity index (χ4v) is 4.05. The van der Waals surface area contributed by atoms with Crippen molar-refractivity contribution < 1.29 is 14.3 Å². The molecule has 0 aliphatic carbocycles. The van der Waals surface area contributed by atoms with Crippen LogP contribution in [0, 0.1) is 0 Å². The van der Waals surface area contributed by atoms with Gasteiger partial charge in [-0.15, -0.1) is 0 Å². The smallest absolute Gasteiger partial charge is 0.243 e. The fraction of sp³-hybridized carbons (Fsp3) is 0.310. The first kappa shape index (κ1) is 27.6. The van der Waals surface area contributed by atoms with E-state index in [1.54, 1.807) is 41.3 Å². The minimum atomic E-state index is -0.640. The monoisotopic (exact) mass is 526 g/mol. The van der Waals surface area contributed by atoms with Gasteiger partial charge >= 0.3 is 0 Å². The van der Waals surface area contributed by atoms with Crippen molar-refractivity contribution >= 4 is 35.0 Å². The number of hydrogen-bond donors (Lipinski definition) is 1. The molecule has 0 saturated heterocycles. The summed E-state index contributed by atoms with van der Waals surface area (Å²) in [5.41, 5.74) is 1.90. The van der Waals surface area contributed by atoms with Crippen LogP contribution in [0.5, 0.6) is 5.75 Å². The minimum Gasteiger partial charge on any atom is -0.494 e. The van der Waals surface area contributed by atoms with Crippen LogP contribution in [0.25, 0.3) is 0 Å². The molecule has 0 aromatic heterocycles. The molecule has 0 aliphatic rings. The van der Waals surface area contributed by atoms with E-state index in [9.17, 15) is 9.59 Å². The van der Waals surface area contributed by atoms with Crippen molar-refractivity contribution in [3.8, 4) is 5.75 Å². The van der Waals surface area contributed by atoms with Gasteiger partial charge in [0.05, 0.1) is 6.61 Å². The van der Waals surface area contributed by atoms with Crippen molar-refractivity contribution in [1.29, 1.82) is 0 Å². The largest absolute Gasteiger partial charge is 0.494 e. The van der Waals surface area contributed by atoms with Crippen LogP contribution >= 0.6 is 23.2 Å². The molecule has 3 rings (SSSR count). The standard InChI is InChI=1S/C29H32Cl2N2O3/c1-2-18-32-29(35)27(20-22-7-4-3-5-8-22)33(21-23-10-12-24(30)13-11-23)28(34)9-6-19-36-26-16-14-25(31)15-17-26/h3-5,7-8,10-17,27H,2,6,9,18-21H2,1H3,(H,32,35). The maximum absolute atomic E-state index is 13.5. The van der Waals surface area contributed by atoms with Crippen LogP contribution in [0.1, 0.15) is 37.3 Å². The summed E-state index contributed by atoms with van der Waals surface area (Å²) in [6.45, 7) is 3.25. The van der Waals surface area contributed by atoms with Crippen molar-refractivity contribution in [2.75, 3.05) is 13.2 Å². The number of ether oxygens (including phenoxy) is 1. The molecule has 36 heavy (non-hydrogen) atoms. The highest BCUT2D eigenvalue weighted by atomic mass is 35.5. The lowest BCUT2D eigenvalue weighted by atomic mass is 10.0. The fourth-order valence-electron chi connectivity index (χ4n) is 3.79. The summed E-state index contributed by atoms with van der Waals surface area (Å²) in [4.78, 5) is 28.5. The van der Waals surface area contributed by atoms with E-state index < -0.39 is 6.04 Å². The molecule has 0 bridgehead atoms. The maximum Gasteiger partial charge on any atom is 0.243 e. The summed E-state index contributed by atoms with van der Waals surface area (Å²) in [5.74, 6) is 0.448. The minimum absolute atomic E-state index is 0.0998. The number of rotatable bonds is 13. The van der Waals surface area contributed by atoms with Crippen molar-refractivity contribution in [1.82, 2.24) is 10.2 Å². The Hall–Kier alpha value is -3.02. The summed E-state index contributed by atoms with van der Waals surface area (Å²) >= 11 is 12.0. The normalized spacial score (nSPS) is 11.5. The summed E-state index contributed by atoms with van der Waals surface area (Å²) in [7, 11) is 0. The lowest BCUT2D eigenvalue weighted by Gasteiger charge is -2.31. The molecule has 3 aromatic carbocycles. The second kappa shape index (κ2) is 14.5. The molecule has 0 spiro atoms. The zero-order chi connectivity index (χ0) is 25.8. The predicted octanol–water partition coefficient (Wildman–Crippen LogP) is 6.32. The van der Waals surface area contributed by atoms with Crippen LogP contribution in [0.2, 0.25) is 10.0 Å². The lowest BCUT2D eigenvalue weighted by Crippen LogP contribution is -2.50. The zero-order valence-corrected chi connectivity index (χ0v) is 22.0. The van der Waals surface area contributed by atoms with Crippen molar-refractivity contribution in [2.45, 2.75) is 45.2 Å². The number of nitrogens with zero attached hydrogens (tertiary/aromatic N) is 1. The Morgan fingerprint density at radius 2 is 1.53 bits per heavy atom. The number of carbonyl (C=O) groups excluding carboxylic acids is 2. The summed E-state index contributed by atoms with van der Waals surface area (Å²) in [6, 6.07) is 23.6. The van der Waals surface area contributed by atoms with E-state index in [4.69, 9.17) is 27.9 Å². The molecule has 5 nitrogen and oxygen atoms in total. The molecule has 7 heteroatoms. The van der Waals surface area contributed by atoms with Crippen LogP contribution in [0.4, 0.5) is 0 Å². The Balaban J connectivity index is 1.76. The van der Waals surface area contributed by atoms with E-state index in [2.05, 4.69) is 5.32 Å². The average molecular weight is 527 g/mol. The van der Waals surface area contributed by atoms with Gasteiger partial charge < -0.3 is 15.0 Å². The SMILES string of the molecule is CCCNC(=O)C(Cc1ccccc1)N(Cc1ccc(Cl)cc1)C(=O)CCCOc1ccc(Cl)cc1. The van der Waals surface area contributed by atoms with E-state index >= 15 is 0 Å². The molecular formula is C29H32Cl2N2O3. The highest BCUT2D eigenvalue weighted by Crippen LogP contribution is 2.19. The Kier molecular flexibility index (Phi) is 11.1. The number of carbonyl (C=O) groups is 2. The molecular weight excluding hydrogens is 495 g/mol. The summed E-state index contributed by atoms with van der Waals surface area (Å²) < 4.78 is 5.76. The van der Waals surface area contributed by atoms with E-state index in [0.29, 0.717) is 48.3 Å². The van der Waals surface area contributed by atoms with Gasteiger partial charge in [0.15, 0.2) is 0 Å². The molecule has 0 radical (unpaired) electrons. The quantitative estimate of drug-likeness (QED) is 0.265. The molecule has 0 heterocycles. The highest BCUT2D eigenvalue weighted by molar-refractivity contribution is 6.30. The number of benzene rings is 3. The zero-order valence-electron chi connectivity index (χ0n) is 20.5. The van der Waals surface area contributed by atoms with E-state index in [1.807, 2.05) is 49.4 Å². The average Bonchev–Trinajstić information content (AvgIpc) is 2.89. The van der Waals surface area contributed by atoms with Crippen molar-refractivity contribution in [3.05, 3.63) is 100 Å². The summed E-state index contributed by atoms with van der Waals surface area (Å²) in [6.07, 6.45) is 2.02. The second-order valence-electron chi connectivity index (χ2n) is 8.55. The van der Waals surface area contributed by atoms with E-state index in [-0.39, 0.29) is 18.2 Å². The van der Waals surface area contributed by atoms with Gasteiger partial charge in [0.1, 0.15) is 11.8 Å². The van der Waals surface area contributed by atoms with Crippen LogP contribution in [0.15, 0.2) is 78.9 Å². The molecule has 1 N–H and O–H groups in total. The topological polar surface area (TPSA) is 58.6 Å². The van der Waals surface area contributed by atoms with Gasteiger partial charge in [-0.05, 0) is 60.4 Å². The van der Waals surface area contributed by atoms with Gasteiger partial charge in [-0.3, -0.25) is 9.59 Å². The van der Waals surface area contributed by atoms with E-state index in [0.717, 1.165) is 17.5 Å². The molecule has 0 aliphatic heterocycles. The van der Waals surface area contributed by atoms with Crippen molar-refractivity contribution in [3.63, 3.8) is 0 Å². The Morgan fingerprint density at radius 1 is 0.889 bits per heavy atom. The molecule has 1 unspecified atom stereocenters. The Labute approximate surface area is 223 Å². The third kappa shape index (κ3) is 8.89. The first-order valence-electron chi connectivity index (χ1n) is 12.2. The number of halogens is 2. The van der Waals surface area contributed by atoms with Gasteiger partial charge in [0.2, 0.25) is 11.8 Å². The van der Waals surface area contributed by atoms with Gasteiger partial charge in [0.25, 0.3) is 0 Å². The van der Waals surface area contributed by atoms with Gasteiger partial charge in [-0.25, -0.2) is 0 Å². The number of amides is 2. The van der Waals surface area contributed by atoms with Gasteiger partial charge in [0, 0.05) is 36.0 Å². The molecule has 3 aromatic rings. The van der Waals surface area contributed by atoms with Gasteiger partial charge in [-0.2, -0.15) is 0 Å². The van der Waals surface area contributed by atoms with Crippen LogP contribution in [-0.4, -0.2) is 35.9 Å². The van der Waals surface area contributed by atoms with Gasteiger partial charge in [-0.1, -0.05) is 72.6 Å². The first-order valence-corrected chi connectivity index (χ1v) is 13.0. The predicted molar refractivity (Wildman–Crippen MR) is 145 cm³/mol. The molecule has 1 atom stereocenters. The third-order valence-electron chi connectivity index (χ3n) is 5.70. The Morgan fingerprint density at radius 3 is 2.17 bits per heavy atom. The van der Waals surface area contributed by atoms with Crippen LogP contribution in [0.3, 0.4) is 0 Å². The highest BCUT2D eigenvalue weighted by Gasteiger charge is 2.30. The second-order valence-corrected chi connectivity index (χ2v) is 9.42. The number of hydrogen-bond acceptors (Lipinski definition) is 3. The lowest BCUT2D eigenvalue weighted by molar-refractivity contribution is -0.141. The molecule has 2 amide bonds. The van der Waals surface area contributed by atoms with Crippen LogP contribution in [-0.2, 0) is 22.6 Å². The first-order chi connectivity index (χ1) is 17.5. The van der Waals surface area contributed by atoms with Crippen LogP contribution < -0.4 is 10.1 Å². The van der Waals surface area contributed by atoms with E-state index in [1.165, 1.54) is 0 Å². The Bertz CT molecular complexity index is 1090. The number of nitrogens with one attached hydrogen (secondary N) is 1. The molecule has 190 valence electrons.